The second kappa shape index (κ2) is 5.31. The van der Waals surface area contributed by atoms with Crippen LogP contribution in [0.1, 0.15) is 10.4 Å². The van der Waals surface area contributed by atoms with Gasteiger partial charge in [-0.1, -0.05) is 23.2 Å². The number of carbonyl (C=O) groups is 1. The second-order valence-electron chi connectivity index (χ2n) is 3.66. The molecule has 1 aromatic carbocycles. The van der Waals surface area contributed by atoms with Gasteiger partial charge in [-0.3, -0.25) is 9.82 Å². The van der Waals surface area contributed by atoms with Crippen LogP contribution < -0.4 is 4.72 Å². The van der Waals surface area contributed by atoms with E-state index in [4.69, 9.17) is 28.3 Å². The third kappa shape index (κ3) is 2.87. The number of aromatic amines is 1. The highest BCUT2D eigenvalue weighted by Gasteiger charge is 2.20. The van der Waals surface area contributed by atoms with Crippen molar-refractivity contribution in [2.45, 2.75) is 4.90 Å². The van der Waals surface area contributed by atoms with Gasteiger partial charge in [0.15, 0.2) is 0 Å². The minimum Gasteiger partial charge on any atom is -0.478 e. The third-order valence-corrected chi connectivity index (χ3v) is 4.22. The summed E-state index contributed by atoms with van der Waals surface area (Å²) in [4.78, 5) is 10.7. The average Bonchev–Trinajstić information content (AvgIpc) is 2.88. The highest BCUT2D eigenvalue weighted by molar-refractivity contribution is 7.92. The monoisotopic (exact) mass is 335 g/mol. The molecule has 106 valence electrons. The molecular weight excluding hydrogens is 329 g/mol. The summed E-state index contributed by atoms with van der Waals surface area (Å²) < 4.78 is 26.1. The number of rotatable bonds is 4. The van der Waals surface area contributed by atoms with Crippen molar-refractivity contribution in [2.24, 2.45) is 0 Å². The first-order valence-electron chi connectivity index (χ1n) is 5.05. The van der Waals surface area contributed by atoms with Crippen molar-refractivity contribution in [3.8, 4) is 0 Å². The van der Waals surface area contributed by atoms with Crippen LogP contribution in [0, 0.1) is 0 Å². The number of H-pyrrole nitrogens is 1. The summed E-state index contributed by atoms with van der Waals surface area (Å²) in [7, 11) is -3.91. The molecule has 0 atom stereocenters. The largest absolute Gasteiger partial charge is 0.478 e. The SMILES string of the molecule is O=C(O)c1cc(Cl)c(NS(=O)(=O)c2cn[nH]c2)c(Cl)c1. The molecule has 10 heteroatoms. The number of carboxylic acid groups (broad SMARTS) is 1. The molecule has 0 spiro atoms. The van der Waals surface area contributed by atoms with Crippen molar-refractivity contribution in [2.75, 3.05) is 4.72 Å². The maximum atomic E-state index is 12.0. The Morgan fingerprint density at radius 3 is 2.35 bits per heavy atom. The van der Waals surface area contributed by atoms with E-state index in [2.05, 4.69) is 14.9 Å². The maximum absolute atomic E-state index is 12.0. The van der Waals surface area contributed by atoms with Gasteiger partial charge in [0.1, 0.15) is 4.90 Å². The molecule has 7 nitrogen and oxygen atoms in total. The van der Waals surface area contributed by atoms with Crippen LogP contribution in [-0.2, 0) is 10.0 Å². The molecule has 0 saturated heterocycles. The van der Waals surface area contributed by atoms with E-state index in [1.807, 2.05) is 0 Å². The smallest absolute Gasteiger partial charge is 0.335 e. The number of sulfonamides is 1. The molecular formula is C10H7Cl2N3O4S. The number of nitrogens with zero attached hydrogens (tertiary/aromatic N) is 1. The molecule has 0 aliphatic rings. The zero-order valence-electron chi connectivity index (χ0n) is 9.59. The van der Waals surface area contributed by atoms with Gasteiger partial charge in [0.2, 0.25) is 0 Å². The van der Waals surface area contributed by atoms with E-state index in [1.165, 1.54) is 6.20 Å². The van der Waals surface area contributed by atoms with Crippen molar-refractivity contribution in [1.29, 1.82) is 0 Å². The summed E-state index contributed by atoms with van der Waals surface area (Å²) in [5, 5.41) is 14.5. The van der Waals surface area contributed by atoms with Crippen LogP contribution in [0.15, 0.2) is 29.4 Å². The summed E-state index contributed by atoms with van der Waals surface area (Å²) in [6, 6.07) is 2.20. The molecule has 0 amide bonds. The van der Waals surface area contributed by atoms with Crippen LogP contribution in [-0.4, -0.2) is 29.7 Å². The summed E-state index contributed by atoms with van der Waals surface area (Å²) >= 11 is 11.7. The number of halogens is 2. The first-order chi connectivity index (χ1) is 9.31. The predicted octanol–water partition coefficient (Wildman–Crippen LogP) is 2.22. The molecule has 0 aliphatic carbocycles. The molecule has 2 rings (SSSR count). The van der Waals surface area contributed by atoms with Crippen LogP contribution in [0.3, 0.4) is 0 Å². The number of nitrogens with one attached hydrogen (secondary N) is 2. The van der Waals surface area contributed by atoms with E-state index < -0.39 is 16.0 Å². The molecule has 0 aliphatic heterocycles. The zero-order chi connectivity index (χ0) is 14.9. The van der Waals surface area contributed by atoms with E-state index in [0.717, 1.165) is 18.3 Å². The highest BCUT2D eigenvalue weighted by atomic mass is 35.5. The summed E-state index contributed by atoms with van der Waals surface area (Å²) in [5.41, 5.74) is -0.245. The Morgan fingerprint density at radius 1 is 1.30 bits per heavy atom. The van der Waals surface area contributed by atoms with E-state index in [0.29, 0.717) is 0 Å². The lowest BCUT2D eigenvalue weighted by atomic mass is 10.2. The summed E-state index contributed by atoms with van der Waals surface area (Å²) in [6.07, 6.45) is 2.28. The number of anilines is 1. The Kier molecular flexibility index (Phi) is 3.89. The Labute approximate surface area is 123 Å². The minimum absolute atomic E-state index is 0.0977. The number of carboxylic acids is 1. The summed E-state index contributed by atoms with van der Waals surface area (Å²) in [5.74, 6) is -1.22. The van der Waals surface area contributed by atoms with Crippen LogP contribution in [0.2, 0.25) is 10.0 Å². The Balaban J connectivity index is 2.43. The van der Waals surface area contributed by atoms with Crippen molar-refractivity contribution in [1.82, 2.24) is 10.2 Å². The summed E-state index contributed by atoms with van der Waals surface area (Å²) in [6.45, 7) is 0. The Morgan fingerprint density at radius 2 is 1.90 bits per heavy atom. The highest BCUT2D eigenvalue weighted by Crippen LogP contribution is 2.33. The molecule has 0 saturated carbocycles. The minimum atomic E-state index is -3.91. The van der Waals surface area contributed by atoms with Crippen molar-refractivity contribution in [3.63, 3.8) is 0 Å². The first kappa shape index (κ1) is 14.6. The Bertz CT molecular complexity index is 736. The number of benzene rings is 1. The predicted molar refractivity (Wildman–Crippen MR) is 72.8 cm³/mol. The van der Waals surface area contributed by atoms with Crippen LogP contribution in [0.25, 0.3) is 0 Å². The lowest BCUT2D eigenvalue weighted by Crippen LogP contribution is -2.13. The van der Waals surface area contributed by atoms with Gasteiger partial charge in [0.05, 0.1) is 27.5 Å². The normalized spacial score (nSPS) is 11.3. The lowest BCUT2D eigenvalue weighted by molar-refractivity contribution is 0.0697. The van der Waals surface area contributed by atoms with Crippen LogP contribution >= 0.6 is 23.2 Å². The van der Waals surface area contributed by atoms with Crippen molar-refractivity contribution < 1.29 is 18.3 Å². The topological polar surface area (TPSA) is 112 Å². The number of aromatic nitrogens is 2. The van der Waals surface area contributed by atoms with E-state index in [-0.39, 0.29) is 26.2 Å². The van der Waals surface area contributed by atoms with Gasteiger partial charge in [0.25, 0.3) is 10.0 Å². The van der Waals surface area contributed by atoms with Crippen molar-refractivity contribution >= 4 is 44.9 Å². The molecule has 0 unspecified atom stereocenters. The first-order valence-corrected chi connectivity index (χ1v) is 7.29. The average molecular weight is 336 g/mol. The molecule has 3 N–H and O–H groups in total. The fraction of sp³-hybridized carbons (Fsp3) is 0. The molecule has 1 heterocycles. The lowest BCUT2D eigenvalue weighted by Gasteiger charge is -2.10. The number of hydrogen-bond donors (Lipinski definition) is 3. The van der Waals surface area contributed by atoms with Gasteiger partial charge in [-0.25, -0.2) is 13.2 Å². The fourth-order valence-corrected chi connectivity index (χ4v) is 3.07. The van der Waals surface area contributed by atoms with E-state index in [1.54, 1.807) is 0 Å². The molecule has 0 fully saturated rings. The van der Waals surface area contributed by atoms with E-state index >= 15 is 0 Å². The third-order valence-electron chi connectivity index (χ3n) is 2.31. The Hall–Kier alpha value is -1.77. The number of aromatic carboxylic acids is 1. The molecule has 0 bridgehead atoms. The molecule has 0 radical (unpaired) electrons. The van der Waals surface area contributed by atoms with Crippen molar-refractivity contribution in [3.05, 3.63) is 40.1 Å². The van der Waals surface area contributed by atoms with Gasteiger partial charge in [-0.15, -0.1) is 0 Å². The molecule has 20 heavy (non-hydrogen) atoms. The molecule has 1 aromatic heterocycles. The van der Waals surface area contributed by atoms with Gasteiger partial charge >= 0.3 is 5.97 Å². The van der Waals surface area contributed by atoms with Gasteiger partial charge in [-0.2, -0.15) is 5.10 Å². The van der Waals surface area contributed by atoms with Gasteiger partial charge in [-0.05, 0) is 12.1 Å². The van der Waals surface area contributed by atoms with Crippen LogP contribution in [0.4, 0.5) is 5.69 Å². The quantitative estimate of drug-likeness (QED) is 0.792. The van der Waals surface area contributed by atoms with Gasteiger partial charge < -0.3 is 5.11 Å². The van der Waals surface area contributed by atoms with E-state index in [9.17, 15) is 13.2 Å². The fourth-order valence-electron chi connectivity index (χ4n) is 1.37. The molecule has 2 aromatic rings. The van der Waals surface area contributed by atoms with Gasteiger partial charge in [0, 0.05) is 6.20 Å². The maximum Gasteiger partial charge on any atom is 0.335 e. The zero-order valence-corrected chi connectivity index (χ0v) is 11.9. The second-order valence-corrected chi connectivity index (χ2v) is 6.16. The standard InChI is InChI=1S/C10H7Cl2N3O4S/c11-7-1-5(10(16)17)2-8(12)9(7)15-20(18,19)6-3-13-14-4-6/h1-4,15H,(H,13,14)(H,16,17). The number of hydrogen-bond acceptors (Lipinski definition) is 4. The van der Waals surface area contributed by atoms with Crippen LogP contribution in [0.5, 0.6) is 0 Å².